The van der Waals surface area contributed by atoms with Gasteiger partial charge in [0.1, 0.15) is 23.1 Å². The molecule has 1 aromatic rings. The molecule has 1 rings (SSSR count). The maximum atomic E-state index is 12.4. The summed E-state index contributed by atoms with van der Waals surface area (Å²) in [7, 11) is 0. The quantitative estimate of drug-likeness (QED) is 0.422. The van der Waals surface area contributed by atoms with Crippen molar-refractivity contribution in [3.05, 3.63) is 35.5 Å². The van der Waals surface area contributed by atoms with Crippen LogP contribution in [0.3, 0.4) is 0 Å². The molecule has 0 aromatic heterocycles. The van der Waals surface area contributed by atoms with Crippen LogP contribution in [0.15, 0.2) is 30.0 Å². The molecule has 0 fully saturated rings. The number of carbonyl (C=O) groups excluding carboxylic acids is 3. The number of amides is 3. The minimum absolute atomic E-state index is 0.0326. The number of phenolic OH excluding ortho intramolecular Hbond substituents is 1. The molecule has 10 nitrogen and oxygen atoms in total. The molecule has 0 aliphatic rings. The van der Waals surface area contributed by atoms with Crippen molar-refractivity contribution in [2.24, 2.45) is 0 Å². The third kappa shape index (κ3) is 9.27. The van der Waals surface area contributed by atoms with Crippen LogP contribution in [0, 0.1) is 0 Å². The van der Waals surface area contributed by atoms with E-state index in [2.05, 4.69) is 16.0 Å². The Hall–Kier alpha value is -3.56. The number of alkyl carbamates (subject to hydrolysis) is 1. The van der Waals surface area contributed by atoms with Gasteiger partial charge in [0.2, 0.25) is 5.91 Å². The summed E-state index contributed by atoms with van der Waals surface area (Å²) in [5.74, 6) is -2.61. The molecule has 1 aromatic carbocycles. The van der Waals surface area contributed by atoms with Gasteiger partial charge in [0, 0.05) is 13.5 Å². The number of nitrogens with one attached hydrogen (secondary N) is 3. The summed E-state index contributed by atoms with van der Waals surface area (Å²) in [5.41, 5.74) is -0.435. The average molecular weight is 407 g/mol. The highest BCUT2D eigenvalue weighted by Gasteiger charge is 2.25. The minimum atomic E-state index is -1.44. The van der Waals surface area contributed by atoms with Crippen molar-refractivity contribution in [2.75, 3.05) is 6.54 Å². The first kappa shape index (κ1) is 23.5. The number of phenols is 1. The number of carboxylic acids is 1. The predicted octanol–water partition coefficient (Wildman–Crippen LogP) is 0.963. The van der Waals surface area contributed by atoms with E-state index in [1.54, 1.807) is 20.8 Å². The molecule has 0 spiro atoms. The molecule has 0 radical (unpaired) electrons. The summed E-state index contributed by atoms with van der Waals surface area (Å²) in [6, 6.07) is 4.41. The van der Waals surface area contributed by atoms with Gasteiger partial charge >= 0.3 is 12.1 Å². The number of ether oxygens (including phenoxy) is 1. The van der Waals surface area contributed by atoms with Crippen LogP contribution < -0.4 is 16.0 Å². The zero-order valence-corrected chi connectivity index (χ0v) is 16.6. The number of rotatable bonds is 7. The minimum Gasteiger partial charge on any atom is -0.508 e. The molecule has 0 heterocycles. The molecule has 0 bridgehead atoms. The van der Waals surface area contributed by atoms with Crippen LogP contribution in [0.4, 0.5) is 4.79 Å². The molecule has 1 atom stereocenters. The Labute approximate surface area is 167 Å². The summed E-state index contributed by atoms with van der Waals surface area (Å²) >= 11 is 0. The van der Waals surface area contributed by atoms with E-state index in [1.165, 1.54) is 37.3 Å². The van der Waals surface area contributed by atoms with Crippen molar-refractivity contribution >= 4 is 30.0 Å². The molecular formula is C19H25N3O7. The van der Waals surface area contributed by atoms with E-state index >= 15 is 0 Å². The lowest BCUT2D eigenvalue weighted by molar-refractivity contribution is -0.139. The normalized spacial score (nSPS) is 12.5. The predicted molar refractivity (Wildman–Crippen MR) is 104 cm³/mol. The first-order valence-corrected chi connectivity index (χ1v) is 8.66. The Morgan fingerprint density at radius 2 is 1.72 bits per heavy atom. The van der Waals surface area contributed by atoms with Crippen LogP contribution in [-0.2, 0) is 19.1 Å². The van der Waals surface area contributed by atoms with Crippen molar-refractivity contribution in [3.63, 3.8) is 0 Å². The van der Waals surface area contributed by atoms with Crippen molar-refractivity contribution in [3.8, 4) is 5.75 Å². The number of aromatic hydroxyl groups is 1. The molecule has 0 unspecified atom stereocenters. The summed E-state index contributed by atoms with van der Waals surface area (Å²) in [4.78, 5) is 46.9. The fourth-order valence-corrected chi connectivity index (χ4v) is 2.03. The SMILES string of the molecule is CC(=O)N/C(=C\c1ccc(O)cc1)C(=O)NC[C@H](NC(=O)OC(C)(C)C)C(=O)O. The monoisotopic (exact) mass is 407 g/mol. The fourth-order valence-electron chi connectivity index (χ4n) is 2.03. The molecule has 0 saturated heterocycles. The summed E-state index contributed by atoms with van der Waals surface area (Å²) in [5, 5.41) is 25.4. The lowest BCUT2D eigenvalue weighted by Crippen LogP contribution is -2.50. The number of benzene rings is 1. The van der Waals surface area contributed by atoms with Gasteiger partial charge in [-0.2, -0.15) is 0 Å². The molecule has 5 N–H and O–H groups in total. The van der Waals surface area contributed by atoms with Crippen molar-refractivity contribution in [1.29, 1.82) is 0 Å². The third-order valence-corrected chi connectivity index (χ3v) is 3.22. The molecule has 10 heteroatoms. The highest BCUT2D eigenvalue weighted by molar-refractivity contribution is 6.01. The number of hydrogen-bond acceptors (Lipinski definition) is 6. The van der Waals surface area contributed by atoms with Gasteiger partial charge < -0.3 is 30.9 Å². The fraction of sp³-hybridized carbons (Fsp3) is 0.368. The maximum Gasteiger partial charge on any atom is 0.408 e. The molecule has 0 aliphatic heterocycles. The van der Waals surface area contributed by atoms with Gasteiger partial charge in [-0.25, -0.2) is 9.59 Å². The molecule has 0 aliphatic carbocycles. The van der Waals surface area contributed by atoms with Gasteiger partial charge in [-0.1, -0.05) is 12.1 Å². The Morgan fingerprint density at radius 1 is 1.14 bits per heavy atom. The van der Waals surface area contributed by atoms with E-state index in [4.69, 9.17) is 4.74 Å². The summed E-state index contributed by atoms with van der Waals surface area (Å²) in [6.45, 7) is 5.63. The van der Waals surface area contributed by atoms with Gasteiger partial charge in [0.25, 0.3) is 5.91 Å². The van der Waals surface area contributed by atoms with Gasteiger partial charge in [-0.05, 0) is 44.5 Å². The zero-order valence-electron chi connectivity index (χ0n) is 16.6. The van der Waals surface area contributed by atoms with Crippen LogP contribution in [0.5, 0.6) is 5.75 Å². The first-order valence-electron chi connectivity index (χ1n) is 8.66. The molecule has 158 valence electrons. The Balaban J connectivity index is 2.86. The van der Waals surface area contributed by atoms with Gasteiger partial charge in [0.15, 0.2) is 0 Å². The molecule has 29 heavy (non-hydrogen) atoms. The highest BCUT2D eigenvalue weighted by atomic mass is 16.6. The Bertz CT molecular complexity index is 795. The maximum absolute atomic E-state index is 12.4. The van der Waals surface area contributed by atoms with Crippen LogP contribution in [0.2, 0.25) is 0 Å². The van der Waals surface area contributed by atoms with E-state index in [-0.39, 0.29) is 11.4 Å². The van der Waals surface area contributed by atoms with E-state index < -0.39 is 42.1 Å². The zero-order chi connectivity index (χ0) is 22.2. The van der Waals surface area contributed by atoms with Gasteiger partial charge in [-0.15, -0.1) is 0 Å². The van der Waals surface area contributed by atoms with Crippen molar-refractivity contribution in [2.45, 2.75) is 39.3 Å². The topological polar surface area (TPSA) is 154 Å². The largest absolute Gasteiger partial charge is 0.508 e. The van der Waals surface area contributed by atoms with E-state index in [1.807, 2.05) is 0 Å². The number of aliphatic carboxylic acids is 1. The number of carboxylic acid groups (broad SMARTS) is 1. The second-order valence-corrected chi connectivity index (χ2v) is 7.08. The number of carbonyl (C=O) groups is 4. The molecule has 3 amide bonds. The summed E-state index contributed by atoms with van der Waals surface area (Å²) < 4.78 is 5.00. The Kier molecular flexibility index (Phi) is 8.19. The van der Waals surface area contributed by atoms with Gasteiger partial charge in [-0.3, -0.25) is 9.59 Å². The second-order valence-electron chi connectivity index (χ2n) is 7.08. The molecular weight excluding hydrogens is 382 g/mol. The lowest BCUT2D eigenvalue weighted by atomic mass is 10.1. The summed E-state index contributed by atoms with van der Waals surface area (Å²) in [6.07, 6.45) is 0.411. The van der Waals surface area contributed by atoms with E-state index in [9.17, 15) is 29.4 Å². The lowest BCUT2D eigenvalue weighted by Gasteiger charge is -2.22. The van der Waals surface area contributed by atoms with E-state index in [0.29, 0.717) is 5.56 Å². The average Bonchev–Trinajstić information content (AvgIpc) is 2.57. The second kappa shape index (κ2) is 10.1. The first-order chi connectivity index (χ1) is 13.4. The smallest absolute Gasteiger partial charge is 0.408 e. The Morgan fingerprint density at radius 3 is 2.21 bits per heavy atom. The highest BCUT2D eigenvalue weighted by Crippen LogP contribution is 2.12. The van der Waals surface area contributed by atoms with E-state index in [0.717, 1.165) is 0 Å². The van der Waals surface area contributed by atoms with Gasteiger partial charge in [0.05, 0.1) is 0 Å². The van der Waals surface area contributed by atoms with Crippen LogP contribution in [-0.4, -0.2) is 52.3 Å². The van der Waals surface area contributed by atoms with Crippen molar-refractivity contribution < 1.29 is 34.1 Å². The standard InChI is InChI=1S/C19H25N3O7/c1-11(23)21-14(9-12-5-7-13(24)8-6-12)16(25)20-10-15(17(26)27)22-18(28)29-19(2,3)4/h5-9,15,24H,10H2,1-4H3,(H,20,25)(H,21,23)(H,22,28)(H,26,27)/b14-9-/t15-/m0/s1. The van der Waals surface area contributed by atoms with Crippen molar-refractivity contribution in [1.82, 2.24) is 16.0 Å². The van der Waals surface area contributed by atoms with Crippen LogP contribution in [0.25, 0.3) is 6.08 Å². The number of hydrogen-bond donors (Lipinski definition) is 5. The van der Waals surface area contributed by atoms with Crippen LogP contribution >= 0.6 is 0 Å². The third-order valence-electron chi connectivity index (χ3n) is 3.22. The molecule has 0 saturated carbocycles. The van der Waals surface area contributed by atoms with Crippen LogP contribution in [0.1, 0.15) is 33.3 Å².